The van der Waals surface area contributed by atoms with Gasteiger partial charge in [0.15, 0.2) is 5.78 Å². The van der Waals surface area contributed by atoms with Crippen LogP contribution in [0.3, 0.4) is 0 Å². The molecule has 4 nitrogen and oxygen atoms in total. The highest BCUT2D eigenvalue weighted by molar-refractivity contribution is 9.10. The van der Waals surface area contributed by atoms with Crippen molar-refractivity contribution in [2.75, 3.05) is 7.11 Å². The first-order chi connectivity index (χ1) is 10.0. The summed E-state index contributed by atoms with van der Waals surface area (Å²) >= 11 is 4.25. The first kappa shape index (κ1) is 15.5. The van der Waals surface area contributed by atoms with Crippen LogP contribution in [0.15, 0.2) is 40.9 Å². The minimum absolute atomic E-state index is 0.0341. The molecule has 0 spiro atoms. The Morgan fingerprint density at radius 2 is 1.95 bits per heavy atom. The van der Waals surface area contributed by atoms with Gasteiger partial charge in [0.05, 0.1) is 22.8 Å². The van der Waals surface area contributed by atoms with E-state index < -0.39 is 5.97 Å². The first-order valence-corrected chi connectivity index (χ1v) is 7.49. The Kier molecular flexibility index (Phi) is 4.93. The Labute approximate surface area is 133 Å². The monoisotopic (exact) mass is 365 g/mol. The maximum absolute atomic E-state index is 12.0. The van der Waals surface area contributed by atoms with Gasteiger partial charge in [-0.05, 0) is 42.5 Å². The van der Waals surface area contributed by atoms with E-state index in [0.717, 1.165) is 21.4 Å². The molecule has 1 aromatic carbocycles. The summed E-state index contributed by atoms with van der Waals surface area (Å²) in [5, 5.41) is 10.7. The number of thiophene rings is 1. The van der Waals surface area contributed by atoms with Gasteiger partial charge in [0, 0.05) is 10.0 Å². The molecule has 0 aliphatic heterocycles. The van der Waals surface area contributed by atoms with Crippen molar-refractivity contribution in [3.63, 3.8) is 0 Å². The van der Waals surface area contributed by atoms with E-state index in [4.69, 9.17) is 4.74 Å². The zero-order valence-corrected chi connectivity index (χ0v) is 13.4. The number of rotatable bonds is 5. The van der Waals surface area contributed by atoms with Crippen molar-refractivity contribution in [2.45, 2.75) is 0 Å². The fourth-order valence-electron chi connectivity index (χ4n) is 1.66. The van der Waals surface area contributed by atoms with E-state index in [1.165, 1.54) is 18.2 Å². The lowest BCUT2D eigenvalue weighted by atomic mass is 10.1. The number of aromatic carboxylic acids is 1. The zero-order chi connectivity index (χ0) is 15.4. The van der Waals surface area contributed by atoms with Gasteiger partial charge >= 0.3 is 0 Å². The quantitative estimate of drug-likeness (QED) is 0.603. The summed E-state index contributed by atoms with van der Waals surface area (Å²) in [6.45, 7) is 0. The fourth-order valence-corrected chi connectivity index (χ4v) is 2.80. The number of methoxy groups -OCH3 is 1. The molecule has 0 amide bonds. The van der Waals surface area contributed by atoms with Crippen molar-refractivity contribution >= 4 is 45.1 Å². The maximum atomic E-state index is 12.0. The van der Waals surface area contributed by atoms with Crippen molar-refractivity contribution in [2.24, 2.45) is 0 Å². The molecule has 1 heterocycles. The number of carboxylic acids is 1. The zero-order valence-electron chi connectivity index (χ0n) is 11.0. The van der Waals surface area contributed by atoms with Crippen LogP contribution in [0.1, 0.15) is 24.9 Å². The molecule has 6 heteroatoms. The van der Waals surface area contributed by atoms with Crippen molar-refractivity contribution < 1.29 is 19.4 Å². The van der Waals surface area contributed by atoms with Crippen molar-refractivity contribution in [3.05, 3.63) is 56.2 Å². The van der Waals surface area contributed by atoms with Crippen molar-refractivity contribution in [1.82, 2.24) is 0 Å². The summed E-state index contributed by atoms with van der Waals surface area (Å²) in [5.41, 5.74) is 0.747. The highest BCUT2D eigenvalue weighted by atomic mass is 79.9. The molecule has 1 aromatic heterocycles. The van der Waals surface area contributed by atoms with E-state index in [0.29, 0.717) is 10.6 Å². The van der Waals surface area contributed by atoms with Gasteiger partial charge in [0.1, 0.15) is 5.75 Å². The number of hydrogen-bond donors (Lipinski definition) is 0. The average Bonchev–Trinajstić information content (AvgIpc) is 2.95. The maximum Gasteiger partial charge on any atom is 0.195 e. The van der Waals surface area contributed by atoms with Gasteiger partial charge in [-0.2, -0.15) is 0 Å². The molecule has 2 aromatic rings. The van der Waals surface area contributed by atoms with Crippen LogP contribution in [-0.2, 0) is 0 Å². The summed E-state index contributed by atoms with van der Waals surface area (Å²) in [6, 6.07) is 8.28. The van der Waals surface area contributed by atoms with Gasteiger partial charge in [0.2, 0.25) is 0 Å². The number of carbonyl (C=O) groups is 2. The average molecular weight is 366 g/mol. The van der Waals surface area contributed by atoms with Crippen LogP contribution >= 0.6 is 27.3 Å². The van der Waals surface area contributed by atoms with Crippen LogP contribution in [-0.4, -0.2) is 18.9 Å². The summed E-state index contributed by atoms with van der Waals surface area (Å²) in [5.74, 6) is -0.907. The van der Waals surface area contributed by atoms with Crippen molar-refractivity contribution in [3.8, 4) is 5.75 Å². The van der Waals surface area contributed by atoms with E-state index >= 15 is 0 Å². The number of halogens is 1. The molecule has 0 atom stereocenters. The molecular weight excluding hydrogens is 356 g/mol. The van der Waals surface area contributed by atoms with E-state index in [1.807, 2.05) is 12.1 Å². The molecule has 108 valence electrons. The lowest BCUT2D eigenvalue weighted by molar-refractivity contribution is -0.254. The third-order valence-electron chi connectivity index (χ3n) is 2.66. The SMILES string of the molecule is COc1ccc(Br)cc1/C=C/C(=O)c1ccc(C(=O)[O-])s1. The number of carbonyl (C=O) groups excluding carboxylic acids is 2. The molecule has 21 heavy (non-hydrogen) atoms. The molecule has 0 fully saturated rings. The number of ether oxygens (including phenoxy) is 1. The Hall–Kier alpha value is -1.92. The van der Waals surface area contributed by atoms with Gasteiger partial charge in [-0.15, -0.1) is 11.3 Å². The number of benzene rings is 1. The third kappa shape index (κ3) is 3.80. The lowest BCUT2D eigenvalue weighted by Gasteiger charge is -2.04. The lowest BCUT2D eigenvalue weighted by Crippen LogP contribution is -2.20. The highest BCUT2D eigenvalue weighted by Gasteiger charge is 2.07. The fraction of sp³-hybridized carbons (Fsp3) is 0.0667. The van der Waals surface area contributed by atoms with Crippen LogP contribution in [0.4, 0.5) is 0 Å². The normalized spacial score (nSPS) is 10.8. The minimum atomic E-state index is -1.28. The first-order valence-electron chi connectivity index (χ1n) is 5.88. The Balaban J connectivity index is 2.22. The molecule has 2 rings (SSSR count). The molecule has 0 aliphatic rings. The number of allylic oxidation sites excluding steroid dienone is 1. The van der Waals surface area contributed by atoms with E-state index in [1.54, 1.807) is 19.3 Å². The Bertz CT molecular complexity index is 718. The molecule has 0 aliphatic carbocycles. The van der Waals surface area contributed by atoms with Gasteiger partial charge in [-0.25, -0.2) is 0 Å². The molecule has 0 saturated carbocycles. The predicted molar refractivity (Wildman–Crippen MR) is 82.7 cm³/mol. The van der Waals surface area contributed by atoms with E-state index in [2.05, 4.69) is 15.9 Å². The summed E-state index contributed by atoms with van der Waals surface area (Å²) < 4.78 is 6.07. The summed E-state index contributed by atoms with van der Waals surface area (Å²) in [7, 11) is 1.55. The van der Waals surface area contributed by atoms with Crippen LogP contribution in [0.2, 0.25) is 0 Å². The molecule has 0 radical (unpaired) electrons. The number of hydrogen-bond acceptors (Lipinski definition) is 5. The third-order valence-corrected chi connectivity index (χ3v) is 4.23. The predicted octanol–water partition coefficient (Wildman–Crippen LogP) is 2.78. The second-order valence-corrected chi connectivity index (χ2v) is 6.03. The molecule has 0 bridgehead atoms. The molecule has 0 saturated heterocycles. The van der Waals surface area contributed by atoms with Gasteiger partial charge in [-0.1, -0.05) is 15.9 Å². The Morgan fingerprint density at radius 1 is 1.24 bits per heavy atom. The summed E-state index contributed by atoms with van der Waals surface area (Å²) in [4.78, 5) is 23.1. The highest BCUT2D eigenvalue weighted by Crippen LogP contribution is 2.24. The van der Waals surface area contributed by atoms with Crippen LogP contribution < -0.4 is 9.84 Å². The van der Waals surface area contributed by atoms with Crippen LogP contribution in [0.25, 0.3) is 6.08 Å². The topological polar surface area (TPSA) is 66.4 Å². The van der Waals surface area contributed by atoms with E-state index in [-0.39, 0.29) is 10.7 Å². The van der Waals surface area contributed by atoms with Crippen LogP contribution in [0, 0.1) is 0 Å². The van der Waals surface area contributed by atoms with E-state index in [9.17, 15) is 14.7 Å². The number of carboxylic acid groups (broad SMARTS) is 1. The molecule has 0 unspecified atom stereocenters. The van der Waals surface area contributed by atoms with Crippen LogP contribution in [0.5, 0.6) is 5.75 Å². The second kappa shape index (κ2) is 6.69. The minimum Gasteiger partial charge on any atom is -0.544 e. The molecular formula is C15H10BrO4S-. The summed E-state index contributed by atoms with van der Waals surface area (Å²) in [6.07, 6.45) is 3.01. The second-order valence-electron chi connectivity index (χ2n) is 4.04. The smallest absolute Gasteiger partial charge is 0.195 e. The van der Waals surface area contributed by atoms with Crippen molar-refractivity contribution in [1.29, 1.82) is 0 Å². The van der Waals surface area contributed by atoms with Gasteiger partial charge < -0.3 is 14.6 Å². The number of ketones is 1. The van der Waals surface area contributed by atoms with Gasteiger partial charge in [-0.3, -0.25) is 4.79 Å². The standard InChI is InChI=1S/C15H11BrO4S/c1-20-12-5-3-10(16)8-9(12)2-4-11(17)13-6-7-14(21-13)15(18)19/h2-8H,1H3,(H,18,19)/p-1/b4-2+. The Morgan fingerprint density at radius 3 is 2.57 bits per heavy atom. The largest absolute Gasteiger partial charge is 0.544 e. The van der Waals surface area contributed by atoms with Gasteiger partial charge in [0.25, 0.3) is 0 Å². The molecule has 0 N–H and O–H groups in total.